The SMILES string of the molecule is Cc1ccc(NC(=O)C2CCCN(C(=O)c3cccc(-c4ccc(C)o4)c3)C2)cc1. The summed E-state index contributed by atoms with van der Waals surface area (Å²) in [4.78, 5) is 27.6. The van der Waals surface area contributed by atoms with Gasteiger partial charge in [-0.3, -0.25) is 9.59 Å². The molecule has 4 rings (SSSR count). The van der Waals surface area contributed by atoms with E-state index in [1.807, 2.05) is 74.5 Å². The highest BCUT2D eigenvalue weighted by Gasteiger charge is 2.29. The van der Waals surface area contributed by atoms with Crippen LogP contribution < -0.4 is 5.32 Å². The highest BCUT2D eigenvalue weighted by Crippen LogP contribution is 2.25. The fourth-order valence-corrected chi connectivity index (χ4v) is 3.83. The van der Waals surface area contributed by atoms with Crippen LogP contribution in [0.4, 0.5) is 5.69 Å². The Balaban J connectivity index is 1.44. The van der Waals surface area contributed by atoms with Crippen LogP contribution in [-0.2, 0) is 4.79 Å². The number of nitrogens with one attached hydrogen (secondary N) is 1. The summed E-state index contributed by atoms with van der Waals surface area (Å²) in [6, 6.07) is 19.0. The summed E-state index contributed by atoms with van der Waals surface area (Å²) < 4.78 is 5.68. The summed E-state index contributed by atoms with van der Waals surface area (Å²) in [5, 5.41) is 2.98. The van der Waals surface area contributed by atoms with E-state index >= 15 is 0 Å². The van der Waals surface area contributed by atoms with Crippen LogP contribution in [0.15, 0.2) is 65.1 Å². The lowest BCUT2D eigenvalue weighted by atomic mass is 9.96. The monoisotopic (exact) mass is 402 g/mol. The van der Waals surface area contributed by atoms with Gasteiger partial charge in [0.25, 0.3) is 5.91 Å². The number of furan rings is 1. The van der Waals surface area contributed by atoms with E-state index in [0.717, 1.165) is 41.2 Å². The number of piperidine rings is 1. The largest absolute Gasteiger partial charge is 0.461 e. The van der Waals surface area contributed by atoms with Gasteiger partial charge in [-0.25, -0.2) is 0 Å². The first kappa shape index (κ1) is 20.0. The van der Waals surface area contributed by atoms with Crippen molar-refractivity contribution in [3.8, 4) is 11.3 Å². The lowest BCUT2D eigenvalue weighted by Gasteiger charge is -2.32. The molecule has 5 heteroatoms. The Hall–Kier alpha value is -3.34. The molecule has 1 saturated heterocycles. The van der Waals surface area contributed by atoms with Crippen molar-refractivity contribution in [3.05, 3.63) is 77.6 Å². The van der Waals surface area contributed by atoms with Gasteiger partial charge in [-0.15, -0.1) is 0 Å². The third kappa shape index (κ3) is 4.46. The van der Waals surface area contributed by atoms with Crippen LogP contribution in [0.1, 0.15) is 34.5 Å². The normalized spacial score (nSPS) is 16.3. The zero-order chi connectivity index (χ0) is 21.1. The van der Waals surface area contributed by atoms with Gasteiger partial charge >= 0.3 is 0 Å². The number of benzene rings is 2. The molecule has 1 aromatic heterocycles. The number of hydrogen-bond donors (Lipinski definition) is 1. The third-order valence-electron chi connectivity index (χ3n) is 5.53. The maximum Gasteiger partial charge on any atom is 0.253 e. The molecule has 2 aromatic carbocycles. The topological polar surface area (TPSA) is 62.6 Å². The fourth-order valence-electron chi connectivity index (χ4n) is 3.83. The van der Waals surface area contributed by atoms with E-state index in [4.69, 9.17) is 4.42 Å². The van der Waals surface area contributed by atoms with Crippen LogP contribution in [-0.4, -0.2) is 29.8 Å². The van der Waals surface area contributed by atoms with Crippen LogP contribution in [0.3, 0.4) is 0 Å². The standard InChI is InChI=1S/C25H26N2O3/c1-17-8-11-22(12-9-17)26-24(28)21-7-4-14-27(16-21)25(29)20-6-3-5-19(15-20)23-13-10-18(2)30-23/h3,5-6,8-13,15,21H,4,7,14,16H2,1-2H3,(H,26,28). The molecule has 1 aliphatic rings. The Kier molecular flexibility index (Phi) is 5.70. The molecule has 1 unspecified atom stereocenters. The number of likely N-dealkylation sites (tertiary alicyclic amines) is 1. The minimum Gasteiger partial charge on any atom is -0.461 e. The van der Waals surface area contributed by atoms with Gasteiger partial charge in [0.15, 0.2) is 0 Å². The molecule has 0 saturated carbocycles. The van der Waals surface area contributed by atoms with E-state index < -0.39 is 0 Å². The predicted molar refractivity (Wildman–Crippen MR) is 117 cm³/mol. The zero-order valence-electron chi connectivity index (χ0n) is 17.4. The molecule has 3 aromatic rings. The summed E-state index contributed by atoms with van der Waals surface area (Å²) in [6.45, 7) is 5.00. The first-order valence-electron chi connectivity index (χ1n) is 10.3. The van der Waals surface area contributed by atoms with E-state index in [1.54, 1.807) is 4.90 Å². The second kappa shape index (κ2) is 8.57. The van der Waals surface area contributed by atoms with Crippen molar-refractivity contribution in [2.75, 3.05) is 18.4 Å². The molecule has 0 spiro atoms. The van der Waals surface area contributed by atoms with E-state index in [2.05, 4.69) is 5.32 Å². The second-order valence-corrected chi connectivity index (χ2v) is 7.94. The van der Waals surface area contributed by atoms with Crippen LogP contribution in [0.2, 0.25) is 0 Å². The number of aryl methyl sites for hydroxylation is 2. The molecule has 1 N–H and O–H groups in total. The number of carbonyl (C=O) groups excluding carboxylic acids is 2. The van der Waals surface area contributed by atoms with Crippen molar-refractivity contribution in [2.24, 2.45) is 5.92 Å². The van der Waals surface area contributed by atoms with E-state index in [0.29, 0.717) is 18.7 Å². The van der Waals surface area contributed by atoms with Crippen LogP contribution >= 0.6 is 0 Å². The van der Waals surface area contributed by atoms with Crippen molar-refractivity contribution in [2.45, 2.75) is 26.7 Å². The molecular formula is C25H26N2O3. The van der Waals surface area contributed by atoms with Crippen molar-refractivity contribution in [1.82, 2.24) is 4.90 Å². The minimum absolute atomic E-state index is 0.0313. The number of rotatable bonds is 4. The summed E-state index contributed by atoms with van der Waals surface area (Å²) in [7, 11) is 0. The molecule has 0 aliphatic carbocycles. The lowest BCUT2D eigenvalue weighted by Crippen LogP contribution is -2.43. The fraction of sp³-hybridized carbons (Fsp3) is 0.280. The van der Waals surface area contributed by atoms with E-state index in [1.165, 1.54) is 0 Å². The first-order chi connectivity index (χ1) is 14.5. The predicted octanol–water partition coefficient (Wildman–Crippen LogP) is 5.05. The molecule has 2 amide bonds. The molecule has 0 radical (unpaired) electrons. The van der Waals surface area contributed by atoms with Gasteiger partial charge in [0.05, 0.1) is 5.92 Å². The first-order valence-corrected chi connectivity index (χ1v) is 10.3. The average molecular weight is 402 g/mol. The lowest BCUT2D eigenvalue weighted by molar-refractivity contribution is -0.121. The number of carbonyl (C=O) groups is 2. The van der Waals surface area contributed by atoms with Gasteiger partial charge in [0, 0.05) is 29.9 Å². The summed E-state index contributed by atoms with van der Waals surface area (Å²) in [5.74, 6) is 1.29. The molecule has 5 nitrogen and oxygen atoms in total. The molecule has 0 bridgehead atoms. The molecule has 1 atom stereocenters. The van der Waals surface area contributed by atoms with Gasteiger partial charge in [-0.1, -0.05) is 29.8 Å². The molecule has 154 valence electrons. The van der Waals surface area contributed by atoms with Gasteiger partial charge in [0.2, 0.25) is 5.91 Å². The Labute approximate surface area is 176 Å². The van der Waals surface area contributed by atoms with Crippen LogP contribution in [0.25, 0.3) is 11.3 Å². The van der Waals surface area contributed by atoms with Crippen molar-refractivity contribution >= 4 is 17.5 Å². The van der Waals surface area contributed by atoms with Crippen molar-refractivity contribution < 1.29 is 14.0 Å². The smallest absolute Gasteiger partial charge is 0.253 e. The van der Waals surface area contributed by atoms with E-state index in [-0.39, 0.29) is 17.7 Å². The van der Waals surface area contributed by atoms with Crippen LogP contribution in [0.5, 0.6) is 0 Å². The Bertz CT molecular complexity index is 1050. The van der Waals surface area contributed by atoms with E-state index in [9.17, 15) is 9.59 Å². The minimum atomic E-state index is -0.208. The average Bonchev–Trinajstić information content (AvgIpc) is 3.21. The maximum absolute atomic E-state index is 13.1. The molecule has 1 aliphatic heterocycles. The second-order valence-electron chi connectivity index (χ2n) is 7.94. The summed E-state index contributed by atoms with van der Waals surface area (Å²) in [6.07, 6.45) is 1.60. The van der Waals surface area contributed by atoms with Gasteiger partial charge in [-0.05, 0) is 63.1 Å². The van der Waals surface area contributed by atoms with Gasteiger partial charge in [-0.2, -0.15) is 0 Å². The van der Waals surface area contributed by atoms with Gasteiger partial charge in [0.1, 0.15) is 11.5 Å². The highest BCUT2D eigenvalue weighted by atomic mass is 16.3. The molecule has 1 fully saturated rings. The molecule has 30 heavy (non-hydrogen) atoms. The quantitative estimate of drug-likeness (QED) is 0.664. The number of amides is 2. The number of hydrogen-bond acceptors (Lipinski definition) is 3. The van der Waals surface area contributed by atoms with Crippen LogP contribution in [0, 0.1) is 19.8 Å². The highest BCUT2D eigenvalue weighted by molar-refractivity contribution is 5.97. The number of nitrogens with zero attached hydrogens (tertiary/aromatic N) is 1. The molecular weight excluding hydrogens is 376 g/mol. The Morgan fingerprint density at radius 3 is 2.57 bits per heavy atom. The Morgan fingerprint density at radius 1 is 1.03 bits per heavy atom. The van der Waals surface area contributed by atoms with Gasteiger partial charge < -0.3 is 14.6 Å². The van der Waals surface area contributed by atoms with Crippen molar-refractivity contribution in [1.29, 1.82) is 0 Å². The van der Waals surface area contributed by atoms with Crippen molar-refractivity contribution in [3.63, 3.8) is 0 Å². The zero-order valence-corrected chi connectivity index (χ0v) is 17.4. The Morgan fingerprint density at radius 2 is 1.83 bits per heavy atom. The molecule has 2 heterocycles. The summed E-state index contributed by atoms with van der Waals surface area (Å²) >= 11 is 0. The maximum atomic E-state index is 13.1. The number of anilines is 1. The third-order valence-corrected chi connectivity index (χ3v) is 5.53. The summed E-state index contributed by atoms with van der Waals surface area (Å²) in [5.41, 5.74) is 3.42.